The Labute approximate surface area is 149 Å². The lowest BCUT2D eigenvalue weighted by Gasteiger charge is -2.35. The summed E-state index contributed by atoms with van der Waals surface area (Å²) in [4.78, 5) is 0. The van der Waals surface area contributed by atoms with Crippen LogP contribution in [0.1, 0.15) is 11.6 Å². The van der Waals surface area contributed by atoms with E-state index < -0.39 is 10.0 Å². The normalized spacial score (nSPS) is 19.4. The van der Waals surface area contributed by atoms with Crippen molar-refractivity contribution in [3.63, 3.8) is 0 Å². The molecule has 2 aromatic rings. The van der Waals surface area contributed by atoms with E-state index in [1.807, 2.05) is 24.3 Å². The first-order valence-electron chi connectivity index (χ1n) is 7.37. The van der Waals surface area contributed by atoms with Crippen LogP contribution >= 0.6 is 15.9 Å². The number of sulfonamides is 1. The molecule has 0 spiro atoms. The third kappa shape index (κ3) is 2.94. The average molecular weight is 416 g/mol. The molecule has 1 atom stereocenters. The predicted molar refractivity (Wildman–Crippen MR) is 91.2 cm³/mol. The van der Waals surface area contributed by atoms with E-state index in [9.17, 15) is 8.42 Å². The fourth-order valence-electron chi connectivity index (χ4n) is 2.89. The molecule has 1 fully saturated rings. The number of benzene rings is 1. The van der Waals surface area contributed by atoms with Crippen LogP contribution < -0.4 is 10.1 Å². The molecule has 10 heteroatoms. The number of aryl methyl sites for hydroxylation is 1. The second-order valence-corrected chi connectivity index (χ2v) is 7.94. The summed E-state index contributed by atoms with van der Waals surface area (Å²) in [5.74, 6) is 0.661. The summed E-state index contributed by atoms with van der Waals surface area (Å²) < 4.78 is 34.8. The van der Waals surface area contributed by atoms with Gasteiger partial charge in [0.15, 0.2) is 4.60 Å². The maximum Gasteiger partial charge on any atom is 0.263 e. The highest BCUT2D eigenvalue weighted by molar-refractivity contribution is 9.10. The number of hydrogen-bond acceptors (Lipinski definition) is 6. The number of para-hydroxylation sites is 1. The molecule has 1 N–H and O–H groups in total. The van der Waals surface area contributed by atoms with Gasteiger partial charge in [0, 0.05) is 32.2 Å². The highest BCUT2D eigenvalue weighted by Gasteiger charge is 2.38. The van der Waals surface area contributed by atoms with Gasteiger partial charge in [0.05, 0.1) is 13.2 Å². The zero-order valence-corrected chi connectivity index (χ0v) is 15.7. The van der Waals surface area contributed by atoms with Crippen molar-refractivity contribution in [1.29, 1.82) is 0 Å². The Morgan fingerprint density at radius 2 is 2.12 bits per heavy atom. The van der Waals surface area contributed by atoms with Crippen LogP contribution in [0.2, 0.25) is 0 Å². The number of halogens is 1. The van der Waals surface area contributed by atoms with Gasteiger partial charge in [-0.1, -0.05) is 23.4 Å². The Balaban J connectivity index is 2.07. The number of hydrogen-bond donors (Lipinski definition) is 1. The van der Waals surface area contributed by atoms with Crippen molar-refractivity contribution in [2.45, 2.75) is 11.1 Å². The van der Waals surface area contributed by atoms with E-state index in [1.165, 1.54) is 8.99 Å². The first kappa shape index (κ1) is 17.3. The summed E-state index contributed by atoms with van der Waals surface area (Å²) in [7, 11) is -0.634. The van der Waals surface area contributed by atoms with E-state index in [2.05, 4.69) is 31.6 Å². The second-order valence-electron chi connectivity index (χ2n) is 5.39. The van der Waals surface area contributed by atoms with Crippen molar-refractivity contribution in [2.75, 3.05) is 26.7 Å². The Morgan fingerprint density at radius 3 is 2.79 bits per heavy atom. The van der Waals surface area contributed by atoms with Crippen LogP contribution in [-0.4, -0.2) is 54.5 Å². The minimum atomic E-state index is -3.77. The highest BCUT2D eigenvalue weighted by Crippen LogP contribution is 2.34. The van der Waals surface area contributed by atoms with Crippen molar-refractivity contribution in [3.05, 3.63) is 34.4 Å². The van der Waals surface area contributed by atoms with Crippen LogP contribution in [0.4, 0.5) is 0 Å². The molecule has 0 bridgehead atoms. The van der Waals surface area contributed by atoms with Gasteiger partial charge in [0.2, 0.25) is 5.03 Å². The van der Waals surface area contributed by atoms with Crippen molar-refractivity contribution in [3.8, 4) is 5.75 Å². The third-order valence-electron chi connectivity index (χ3n) is 3.98. The topological polar surface area (TPSA) is 89.3 Å². The van der Waals surface area contributed by atoms with Gasteiger partial charge in [-0.2, -0.15) is 4.31 Å². The monoisotopic (exact) mass is 415 g/mol. The number of nitrogens with zero attached hydrogens (tertiary/aromatic N) is 4. The molecule has 1 aromatic carbocycles. The number of ether oxygens (including phenoxy) is 1. The Bertz CT molecular complexity index is 819. The summed E-state index contributed by atoms with van der Waals surface area (Å²) in [6.45, 7) is 1.43. The minimum Gasteiger partial charge on any atom is -0.496 e. The molecule has 8 nitrogen and oxygen atoms in total. The minimum absolute atomic E-state index is 0.0456. The number of rotatable bonds is 4. The maximum atomic E-state index is 13.2. The Hall–Kier alpha value is -1.49. The molecule has 0 radical (unpaired) electrons. The van der Waals surface area contributed by atoms with Crippen molar-refractivity contribution < 1.29 is 13.2 Å². The van der Waals surface area contributed by atoms with Gasteiger partial charge >= 0.3 is 0 Å². The average Bonchev–Trinajstić information content (AvgIpc) is 2.94. The molecule has 3 rings (SSSR count). The summed E-state index contributed by atoms with van der Waals surface area (Å²) >= 11 is 3.18. The molecule has 24 heavy (non-hydrogen) atoms. The fourth-order valence-corrected chi connectivity index (χ4v) is 5.53. The van der Waals surface area contributed by atoms with Crippen molar-refractivity contribution >= 4 is 26.0 Å². The SMILES string of the molecule is COc1ccccc1[C@H]1CNCCN1S(=O)(=O)c1c(Br)nnn1C. The van der Waals surface area contributed by atoms with Crippen LogP contribution in [0.5, 0.6) is 5.75 Å². The van der Waals surface area contributed by atoms with E-state index in [4.69, 9.17) is 4.74 Å². The smallest absolute Gasteiger partial charge is 0.263 e. The molecule has 0 unspecified atom stereocenters. The Morgan fingerprint density at radius 1 is 1.38 bits per heavy atom. The first-order chi connectivity index (χ1) is 11.5. The molecule has 0 aliphatic carbocycles. The van der Waals surface area contributed by atoms with Gasteiger partial charge < -0.3 is 10.1 Å². The van der Waals surface area contributed by atoms with Crippen molar-refractivity contribution in [2.24, 2.45) is 7.05 Å². The summed E-state index contributed by atoms with van der Waals surface area (Å²) in [6.07, 6.45) is 0. The lowest BCUT2D eigenvalue weighted by Crippen LogP contribution is -2.49. The largest absolute Gasteiger partial charge is 0.496 e. The first-order valence-corrected chi connectivity index (χ1v) is 9.60. The maximum absolute atomic E-state index is 13.2. The summed E-state index contributed by atoms with van der Waals surface area (Å²) in [6, 6.07) is 7.07. The van der Waals surface area contributed by atoms with Gasteiger partial charge in [-0.15, -0.1) is 5.10 Å². The van der Waals surface area contributed by atoms with E-state index in [-0.39, 0.29) is 15.7 Å². The molecule has 1 aromatic heterocycles. The van der Waals surface area contributed by atoms with Gasteiger partial charge in [0.25, 0.3) is 10.0 Å². The van der Waals surface area contributed by atoms with Gasteiger partial charge in [-0.05, 0) is 22.0 Å². The number of aromatic nitrogens is 3. The lowest BCUT2D eigenvalue weighted by atomic mass is 10.0. The summed E-state index contributed by atoms with van der Waals surface area (Å²) in [5.41, 5.74) is 0.821. The predicted octanol–water partition coefficient (Wildman–Crippen LogP) is 0.921. The van der Waals surface area contributed by atoms with Crippen LogP contribution in [0, 0.1) is 0 Å². The fraction of sp³-hybridized carbons (Fsp3) is 0.429. The second kappa shape index (κ2) is 6.79. The Kier molecular flexibility index (Phi) is 4.90. The van der Waals surface area contributed by atoms with E-state index in [1.54, 1.807) is 14.2 Å². The van der Waals surface area contributed by atoms with E-state index in [0.29, 0.717) is 25.4 Å². The molecule has 1 aliphatic rings. The molecular weight excluding hydrogens is 398 g/mol. The zero-order chi connectivity index (χ0) is 17.3. The van der Waals surface area contributed by atoms with Crippen LogP contribution in [0.15, 0.2) is 33.9 Å². The lowest BCUT2D eigenvalue weighted by molar-refractivity contribution is 0.263. The molecule has 0 saturated carbocycles. The quantitative estimate of drug-likeness (QED) is 0.798. The van der Waals surface area contributed by atoms with Crippen molar-refractivity contribution in [1.82, 2.24) is 24.6 Å². The third-order valence-corrected chi connectivity index (χ3v) is 6.78. The number of methoxy groups -OCH3 is 1. The summed E-state index contributed by atoms with van der Waals surface area (Å²) in [5, 5.41) is 10.9. The molecule has 1 saturated heterocycles. The number of piperazine rings is 1. The molecule has 130 valence electrons. The molecule has 0 amide bonds. The van der Waals surface area contributed by atoms with Crippen LogP contribution in [0.25, 0.3) is 0 Å². The zero-order valence-electron chi connectivity index (χ0n) is 13.3. The molecular formula is C14H18BrN5O3S. The highest BCUT2D eigenvalue weighted by atomic mass is 79.9. The standard InChI is InChI=1S/C14H18BrN5O3S/c1-19-14(13(15)17-18-19)24(21,22)20-8-7-16-9-11(20)10-5-3-4-6-12(10)23-2/h3-6,11,16H,7-9H2,1-2H3/t11-/m1/s1. The van der Waals surface area contributed by atoms with Crippen LogP contribution in [0.3, 0.4) is 0 Å². The van der Waals surface area contributed by atoms with E-state index in [0.717, 1.165) is 5.56 Å². The molecule has 2 heterocycles. The van der Waals surface area contributed by atoms with Gasteiger partial charge in [0.1, 0.15) is 5.75 Å². The van der Waals surface area contributed by atoms with Crippen LogP contribution in [-0.2, 0) is 17.1 Å². The molecule has 1 aliphatic heterocycles. The van der Waals surface area contributed by atoms with Gasteiger partial charge in [-0.3, -0.25) is 0 Å². The van der Waals surface area contributed by atoms with Gasteiger partial charge in [-0.25, -0.2) is 13.1 Å². The van der Waals surface area contributed by atoms with E-state index >= 15 is 0 Å². The number of nitrogens with one attached hydrogen (secondary N) is 1.